The van der Waals surface area contributed by atoms with Crippen molar-refractivity contribution in [2.24, 2.45) is 7.05 Å². The molecule has 17 heavy (non-hydrogen) atoms. The molecule has 0 spiro atoms. The maximum atomic E-state index is 5.96. The van der Waals surface area contributed by atoms with Gasteiger partial charge in [-0.3, -0.25) is 4.68 Å². The minimum atomic E-state index is 0.574. The van der Waals surface area contributed by atoms with Crippen LogP contribution in [0, 0.1) is 0 Å². The summed E-state index contributed by atoms with van der Waals surface area (Å²) in [5.41, 5.74) is 10.4. The van der Waals surface area contributed by atoms with Gasteiger partial charge in [-0.05, 0) is 25.0 Å². The van der Waals surface area contributed by atoms with Crippen LogP contribution >= 0.6 is 0 Å². The monoisotopic (exact) mass is 230 g/mol. The van der Waals surface area contributed by atoms with Crippen molar-refractivity contribution in [3.63, 3.8) is 0 Å². The molecule has 2 heterocycles. The predicted molar refractivity (Wildman–Crippen MR) is 69.6 cm³/mol. The van der Waals surface area contributed by atoms with Gasteiger partial charge in [0.15, 0.2) is 0 Å². The number of hydrogen-bond acceptors (Lipinski definition) is 3. The summed E-state index contributed by atoms with van der Waals surface area (Å²) in [6.07, 6.45) is 3.55. The normalized spacial score (nSPS) is 10.8. The molecule has 0 radical (unpaired) electrons. The van der Waals surface area contributed by atoms with Crippen molar-refractivity contribution in [2.45, 2.75) is 26.7 Å². The fourth-order valence-electron chi connectivity index (χ4n) is 2.21. The zero-order valence-corrected chi connectivity index (χ0v) is 10.6. The maximum absolute atomic E-state index is 5.96. The van der Waals surface area contributed by atoms with Gasteiger partial charge >= 0.3 is 0 Å². The maximum Gasteiger partial charge on any atom is 0.131 e. The summed E-state index contributed by atoms with van der Waals surface area (Å²) in [4.78, 5) is 4.16. The first kappa shape index (κ1) is 11.6. The van der Waals surface area contributed by atoms with E-state index >= 15 is 0 Å². The molecule has 0 aliphatic heterocycles. The Labute approximate surface area is 101 Å². The number of nitrogen functional groups attached to an aromatic ring is 1. The Morgan fingerprint density at radius 3 is 2.65 bits per heavy atom. The van der Waals surface area contributed by atoms with Gasteiger partial charge in [-0.15, -0.1) is 0 Å². The highest BCUT2D eigenvalue weighted by Crippen LogP contribution is 2.31. The molecule has 2 aromatic rings. The Bertz CT molecular complexity index is 528. The van der Waals surface area contributed by atoms with E-state index in [0.717, 1.165) is 29.7 Å². The standard InChI is InChI=1S/C13H18N4/c1-4-10-12(11(5-2)17(3)16-10)9-7-6-8-15-13(9)14/h6-8H,4-5H2,1-3H3,(H2,14,15). The number of aryl methyl sites for hydroxylation is 2. The first-order chi connectivity index (χ1) is 8.19. The molecular formula is C13H18N4. The first-order valence-electron chi connectivity index (χ1n) is 5.94. The fraction of sp³-hybridized carbons (Fsp3) is 0.385. The summed E-state index contributed by atoms with van der Waals surface area (Å²) in [7, 11) is 1.98. The van der Waals surface area contributed by atoms with Gasteiger partial charge in [-0.1, -0.05) is 13.8 Å². The number of nitrogens with two attached hydrogens (primary N) is 1. The van der Waals surface area contributed by atoms with Gasteiger partial charge in [-0.2, -0.15) is 5.10 Å². The van der Waals surface area contributed by atoms with E-state index in [4.69, 9.17) is 5.73 Å². The third kappa shape index (κ3) is 1.90. The molecule has 0 saturated heterocycles. The van der Waals surface area contributed by atoms with E-state index in [-0.39, 0.29) is 0 Å². The van der Waals surface area contributed by atoms with Crippen LogP contribution in [0.1, 0.15) is 25.2 Å². The highest BCUT2D eigenvalue weighted by Gasteiger charge is 2.17. The second-order valence-corrected chi connectivity index (χ2v) is 4.04. The second-order valence-electron chi connectivity index (χ2n) is 4.04. The molecule has 0 amide bonds. The Kier molecular flexibility index (Phi) is 3.13. The lowest BCUT2D eigenvalue weighted by Gasteiger charge is -2.07. The van der Waals surface area contributed by atoms with E-state index in [1.54, 1.807) is 6.20 Å². The van der Waals surface area contributed by atoms with Crippen LogP contribution in [0.3, 0.4) is 0 Å². The van der Waals surface area contributed by atoms with Gasteiger partial charge in [0.2, 0.25) is 0 Å². The van der Waals surface area contributed by atoms with Gasteiger partial charge in [0.1, 0.15) is 5.82 Å². The van der Waals surface area contributed by atoms with Crippen molar-refractivity contribution in [3.8, 4) is 11.1 Å². The summed E-state index contributed by atoms with van der Waals surface area (Å²) in [5.74, 6) is 0.574. The Morgan fingerprint density at radius 2 is 2.06 bits per heavy atom. The summed E-state index contributed by atoms with van der Waals surface area (Å²) in [5, 5.41) is 4.55. The van der Waals surface area contributed by atoms with Crippen LogP contribution in [-0.4, -0.2) is 14.8 Å². The molecule has 0 aliphatic carbocycles. The minimum Gasteiger partial charge on any atom is -0.383 e. The second kappa shape index (κ2) is 4.57. The van der Waals surface area contributed by atoms with Gasteiger partial charge in [0.05, 0.1) is 5.69 Å². The van der Waals surface area contributed by atoms with Crippen molar-refractivity contribution in [2.75, 3.05) is 5.73 Å². The largest absolute Gasteiger partial charge is 0.383 e. The average Bonchev–Trinajstić information content (AvgIpc) is 2.66. The highest BCUT2D eigenvalue weighted by atomic mass is 15.3. The molecular weight excluding hydrogens is 212 g/mol. The summed E-state index contributed by atoms with van der Waals surface area (Å²) >= 11 is 0. The molecule has 2 N–H and O–H groups in total. The molecule has 90 valence electrons. The van der Waals surface area contributed by atoms with Crippen LogP contribution in [0.5, 0.6) is 0 Å². The van der Waals surface area contributed by atoms with Crippen LogP contribution in [-0.2, 0) is 19.9 Å². The van der Waals surface area contributed by atoms with E-state index < -0.39 is 0 Å². The molecule has 0 aliphatic rings. The molecule has 2 rings (SSSR count). The van der Waals surface area contributed by atoms with E-state index in [0.29, 0.717) is 5.82 Å². The van der Waals surface area contributed by atoms with Gasteiger partial charge in [0, 0.05) is 30.1 Å². The lowest BCUT2D eigenvalue weighted by molar-refractivity contribution is 0.705. The molecule has 0 bridgehead atoms. The molecule has 0 fully saturated rings. The SMILES string of the molecule is CCc1nn(C)c(CC)c1-c1cccnc1N. The number of nitrogens with zero attached hydrogens (tertiary/aromatic N) is 3. The van der Waals surface area contributed by atoms with E-state index in [2.05, 4.69) is 23.9 Å². The van der Waals surface area contributed by atoms with Crippen LogP contribution in [0.4, 0.5) is 5.82 Å². The lowest BCUT2D eigenvalue weighted by Crippen LogP contribution is -1.99. The predicted octanol–water partition coefficient (Wildman–Crippen LogP) is 2.19. The number of rotatable bonds is 3. The Morgan fingerprint density at radius 1 is 1.29 bits per heavy atom. The number of hydrogen-bond donors (Lipinski definition) is 1. The number of anilines is 1. The third-order valence-corrected chi connectivity index (χ3v) is 3.02. The van der Waals surface area contributed by atoms with Crippen LogP contribution in [0.25, 0.3) is 11.1 Å². The first-order valence-corrected chi connectivity index (χ1v) is 5.94. The molecule has 0 unspecified atom stereocenters. The zero-order chi connectivity index (χ0) is 12.4. The van der Waals surface area contributed by atoms with Crippen molar-refractivity contribution in [1.82, 2.24) is 14.8 Å². The highest BCUT2D eigenvalue weighted by molar-refractivity contribution is 5.77. The van der Waals surface area contributed by atoms with Crippen molar-refractivity contribution >= 4 is 5.82 Å². The fourth-order valence-corrected chi connectivity index (χ4v) is 2.21. The van der Waals surface area contributed by atoms with Crippen molar-refractivity contribution < 1.29 is 0 Å². The van der Waals surface area contributed by atoms with Gasteiger partial charge in [-0.25, -0.2) is 4.98 Å². The van der Waals surface area contributed by atoms with Crippen molar-refractivity contribution in [1.29, 1.82) is 0 Å². The van der Waals surface area contributed by atoms with E-state index in [1.165, 1.54) is 5.69 Å². The Hall–Kier alpha value is -1.84. The molecule has 0 saturated carbocycles. The zero-order valence-electron chi connectivity index (χ0n) is 10.6. The topological polar surface area (TPSA) is 56.7 Å². The molecule has 0 aromatic carbocycles. The molecule has 4 heteroatoms. The van der Waals surface area contributed by atoms with Crippen LogP contribution in [0.15, 0.2) is 18.3 Å². The van der Waals surface area contributed by atoms with Gasteiger partial charge < -0.3 is 5.73 Å². The summed E-state index contributed by atoms with van der Waals surface area (Å²) < 4.78 is 1.95. The molecule has 4 nitrogen and oxygen atoms in total. The van der Waals surface area contributed by atoms with E-state index in [9.17, 15) is 0 Å². The van der Waals surface area contributed by atoms with Crippen LogP contribution < -0.4 is 5.73 Å². The Balaban J connectivity index is 2.69. The molecule has 0 atom stereocenters. The van der Waals surface area contributed by atoms with Crippen molar-refractivity contribution in [3.05, 3.63) is 29.7 Å². The van der Waals surface area contributed by atoms with Crippen LogP contribution in [0.2, 0.25) is 0 Å². The minimum absolute atomic E-state index is 0.574. The third-order valence-electron chi connectivity index (χ3n) is 3.02. The summed E-state index contributed by atoms with van der Waals surface area (Å²) in [6.45, 7) is 4.24. The smallest absolute Gasteiger partial charge is 0.131 e. The lowest BCUT2D eigenvalue weighted by atomic mass is 10.0. The number of pyridine rings is 1. The van der Waals surface area contributed by atoms with Gasteiger partial charge in [0.25, 0.3) is 0 Å². The quantitative estimate of drug-likeness (QED) is 0.879. The average molecular weight is 230 g/mol. The number of aromatic nitrogens is 3. The summed E-state index contributed by atoms with van der Waals surface area (Å²) in [6, 6.07) is 3.93. The molecule has 2 aromatic heterocycles. The van der Waals surface area contributed by atoms with E-state index in [1.807, 2.05) is 23.9 Å².